The summed E-state index contributed by atoms with van der Waals surface area (Å²) in [7, 11) is 0. The van der Waals surface area contributed by atoms with Crippen molar-refractivity contribution in [2.24, 2.45) is 11.7 Å². The molecule has 3 nitrogen and oxygen atoms in total. The van der Waals surface area contributed by atoms with E-state index in [1.165, 1.54) is 25.0 Å². The molecule has 0 heterocycles. The second kappa shape index (κ2) is 6.91. The van der Waals surface area contributed by atoms with Gasteiger partial charge in [-0.25, -0.2) is 4.39 Å². The zero-order valence-corrected chi connectivity index (χ0v) is 11.6. The van der Waals surface area contributed by atoms with E-state index >= 15 is 0 Å². The third-order valence-corrected chi connectivity index (χ3v) is 4.22. The summed E-state index contributed by atoms with van der Waals surface area (Å²) in [4.78, 5) is 12.7. The zero-order chi connectivity index (χ0) is 13.7. The molecule has 1 saturated carbocycles. The van der Waals surface area contributed by atoms with Crippen molar-refractivity contribution in [3.63, 3.8) is 0 Å². The summed E-state index contributed by atoms with van der Waals surface area (Å²) in [5, 5.41) is 2.99. The summed E-state index contributed by atoms with van der Waals surface area (Å²) in [5.41, 5.74) is 5.64. The van der Waals surface area contributed by atoms with E-state index in [0.717, 1.165) is 4.90 Å². The van der Waals surface area contributed by atoms with Gasteiger partial charge in [0.25, 0.3) is 0 Å². The molecule has 1 amide bonds. The number of thioether (sulfide) groups is 1. The van der Waals surface area contributed by atoms with E-state index in [2.05, 4.69) is 5.32 Å². The van der Waals surface area contributed by atoms with Gasteiger partial charge in [-0.15, -0.1) is 11.8 Å². The van der Waals surface area contributed by atoms with Crippen molar-refractivity contribution in [2.45, 2.75) is 30.2 Å². The zero-order valence-electron chi connectivity index (χ0n) is 10.8. The molecule has 1 aliphatic carbocycles. The Balaban J connectivity index is 1.67. The van der Waals surface area contributed by atoms with Crippen LogP contribution in [0, 0.1) is 11.7 Å². The van der Waals surface area contributed by atoms with Crippen LogP contribution in [0.3, 0.4) is 0 Å². The van der Waals surface area contributed by atoms with Crippen LogP contribution in [0.25, 0.3) is 0 Å². The number of hydrogen-bond donors (Lipinski definition) is 2. The summed E-state index contributed by atoms with van der Waals surface area (Å²) in [6.07, 6.45) is 2.81. The lowest BCUT2D eigenvalue weighted by Gasteiger charge is -2.15. The molecule has 0 saturated heterocycles. The van der Waals surface area contributed by atoms with Gasteiger partial charge >= 0.3 is 0 Å². The number of nitrogens with one attached hydrogen (secondary N) is 1. The van der Waals surface area contributed by atoms with Crippen LogP contribution in [0.5, 0.6) is 0 Å². The maximum absolute atomic E-state index is 12.7. The van der Waals surface area contributed by atoms with Crippen LogP contribution in [-0.2, 0) is 4.79 Å². The van der Waals surface area contributed by atoms with E-state index in [9.17, 15) is 9.18 Å². The van der Waals surface area contributed by atoms with E-state index in [1.54, 1.807) is 23.9 Å². The Morgan fingerprint density at radius 2 is 2.11 bits per heavy atom. The topological polar surface area (TPSA) is 55.1 Å². The molecule has 1 fully saturated rings. The van der Waals surface area contributed by atoms with Crippen molar-refractivity contribution in [2.75, 3.05) is 12.3 Å². The SMILES string of the molecule is NCC(NC(=O)CCSc1ccc(F)cc1)C1CC1. The number of halogens is 1. The van der Waals surface area contributed by atoms with Gasteiger partial charge < -0.3 is 11.1 Å². The van der Waals surface area contributed by atoms with Gasteiger partial charge in [0.05, 0.1) is 0 Å². The number of carbonyl (C=O) groups is 1. The fourth-order valence-corrected chi connectivity index (χ4v) is 2.79. The van der Waals surface area contributed by atoms with Crippen molar-refractivity contribution in [1.82, 2.24) is 5.32 Å². The number of hydrogen-bond acceptors (Lipinski definition) is 3. The van der Waals surface area contributed by atoms with Gasteiger partial charge in [0.1, 0.15) is 5.82 Å². The molecule has 2 rings (SSSR count). The first-order valence-corrected chi connectivity index (χ1v) is 7.55. The van der Waals surface area contributed by atoms with E-state index in [0.29, 0.717) is 24.6 Å². The monoisotopic (exact) mass is 282 g/mol. The molecule has 1 unspecified atom stereocenters. The summed E-state index contributed by atoms with van der Waals surface area (Å²) in [6.45, 7) is 0.515. The van der Waals surface area contributed by atoms with Crippen LogP contribution >= 0.6 is 11.8 Å². The summed E-state index contributed by atoms with van der Waals surface area (Å²) < 4.78 is 12.7. The second-order valence-corrected chi connectivity index (χ2v) is 5.97. The van der Waals surface area contributed by atoms with Gasteiger partial charge in [0.15, 0.2) is 0 Å². The summed E-state index contributed by atoms with van der Waals surface area (Å²) in [6, 6.07) is 6.46. The van der Waals surface area contributed by atoms with Crippen LogP contribution < -0.4 is 11.1 Å². The molecule has 104 valence electrons. The third-order valence-electron chi connectivity index (χ3n) is 3.20. The maximum atomic E-state index is 12.7. The van der Waals surface area contributed by atoms with Crippen molar-refractivity contribution in [3.05, 3.63) is 30.1 Å². The molecule has 1 aromatic carbocycles. The molecule has 0 aromatic heterocycles. The molecule has 1 atom stereocenters. The molecule has 0 spiro atoms. The lowest BCUT2D eigenvalue weighted by Crippen LogP contribution is -2.41. The molecular weight excluding hydrogens is 263 g/mol. The normalized spacial score (nSPS) is 16.1. The van der Waals surface area contributed by atoms with Crippen molar-refractivity contribution in [1.29, 1.82) is 0 Å². The smallest absolute Gasteiger partial charge is 0.221 e. The Kier molecular flexibility index (Phi) is 5.22. The van der Waals surface area contributed by atoms with Gasteiger partial charge in [-0.05, 0) is 43.0 Å². The molecular formula is C14H19FN2OS. The van der Waals surface area contributed by atoms with Crippen molar-refractivity contribution < 1.29 is 9.18 Å². The molecule has 1 aliphatic rings. The van der Waals surface area contributed by atoms with Crippen LogP contribution in [-0.4, -0.2) is 24.2 Å². The Bertz CT molecular complexity index is 420. The van der Waals surface area contributed by atoms with E-state index in [-0.39, 0.29) is 17.8 Å². The van der Waals surface area contributed by atoms with Crippen LogP contribution in [0.1, 0.15) is 19.3 Å². The Labute approximate surface area is 117 Å². The predicted octanol–water partition coefficient (Wildman–Crippen LogP) is 2.16. The van der Waals surface area contributed by atoms with Crippen LogP contribution in [0.15, 0.2) is 29.2 Å². The number of rotatable bonds is 7. The number of amides is 1. The predicted molar refractivity (Wildman–Crippen MR) is 75.5 cm³/mol. The highest BCUT2D eigenvalue weighted by atomic mass is 32.2. The average molecular weight is 282 g/mol. The quantitative estimate of drug-likeness (QED) is 0.754. The highest BCUT2D eigenvalue weighted by Crippen LogP contribution is 2.32. The third kappa shape index (κ3) is 4.84. The minimum atomic E-state index is -0.239. The van der Waals surface area contributed by atoms with E-state index in [1.807, 2.05) is 0 Å². The first-order valence-electron chi connectivity index (χ1n) is 6.57. The van der Waals surface area contributed by atoms with E-state index in [4.69, 9.17) is 5.73 Å². The Morgan fingerprint density at radius 3 is 2.68 bits per heavy atom. The highest BCUT2D eigenvalue weighted by molar-refractivity contribution is 7.99. The molecule has 0 aliphatic heterocycles. The molecule has 5 heteroatoms. The second-order valence-electron chi connectivity index (χ2n) is 4.80. The van der Waals surface area contributed by atoms with Gasteiger partial charge in [-0.3, -0.25) is 4.79 Å². The molecule has 3 N–H and O–H groups in total. The fourth-order valence-electron chi connectivity index (χ4n) is 1.94. The average Bonchev–Trinajstić information content (AvgIpc) is 3.23. The fraction of sp³-hybridized carbons (Fsp3) is 0.500. The molecule has 0 radical (unpaired) electrons. The first-order chi connectivity index (χ1) is 9.19. The van der Waals surface area contributed by atoms with Crippen LogP contribution in [0.4, 0.5) is 4.39 Å². The van der Waals surface area contributed by atoms with Crippen molar-refractivity contribution >= 4 is 17.7 Å². The van der Waals surface area contributed by atoms with Gasteiger partial charge in [0, 0.05) is 29.7 Å². The highest BCUT2D eigenvalue weighted by Gasteiger charge is 2.30. The molecule has 19 heavy (non-hydrogen) atoms. The number of nitrogens with two attached hydrogens (primary N) is 1. The maximum Gasteiger partial charge on any atom is 0.221 e. The largest absolute Gasteiger partial charge is 0.352 e. The van der Waals surface area contributed by atoms with Crippen molar-refractivity contribution in [3.8, 4) is 0 Å². The minimum Gasteiger partial charge on any atom is -0.352 e. The van der Waals surface area contributed by atoms with Crippen LogP contribution in [0.2, 0.25) is 0 Å². The van der Waals surface area contributed by atoms with Gasteiger partial charge in [-0.2, -0.15) is 0 Å². The van der Waals surface area contributed by atoms with Gasteiger partial charge in [0.2, 0.25) is 5.91 Å². The first kappa shape index (κ1) is 14.3. The number of carbonyl (C=O) groups excluding carboxylic acids is 1. The standard InChI is InChI=1S/C14H19FN2OS/c15-11-3-5-12(6-4-11)19-8-7-14(18)17-13(9-16)10-1-2-10/h3-6,10,13H,1-2,7-9,16H2,(H,17,18). The lowest BCUT2D eigenvalue weighted by molar-refractivity contribution is -0.121. The van der Waals surface area contributed by atoms with Gasteiger partial charge in [-0.1, -0.05) is 0 Å². The number of benzene rings is 1. The Morgan fingerprint density at radius 1 is 1.42 bits per heavy atom. The Hall–Kier alpha value is -1.07. The lowest BCUT2D eigenvalue weighted by atomic mass is 10.2. The summed E-state index contributed by atoms with van der Waals surface area (Å²) >= 11 is 1.56. The molecule has 0 bridgehead atoms. The minimum absolute atomic E-state index is 0.0527. The summed E-state index contributed by atoms with van der Waals surface area (Å²) in [5.74, 6) is 1.09. The molecule has 1 aromatic rings. The van der Waals surface area contributed by atoms with E-state index < -0.39 is 0 Å².